The van der Waals surface area contributed by atoms with Crippen LogP contribution in [0.15, 0.2) is 12.1 Å². The van der Waals surface area contributed by atoms with Gasteiger partial charge in [0.2, 0.25) is 5.91 Å². The number of nitrogens with two attached hydrogens (primary N) is 1. The standard InChI is InChI=1S/C11H13Cl2N3O3/c1-5(2)9(11(14)17)15-10-7(12)3-6(16(18)19)4-8(10)13/h3-5,9,15H,1-2H3,(H2,14,17). The number of nitro groups is 1. The Labute approximate surface area is 120 Å². The van der Waals surface area contributed by atoms with E-state index in [0.717, 1.165) is 12.1 Å². The minimum absolute atomic E-state index is 0.0612. The molecule has 3 N–H and O–H groups in total. The number of nitro benzene ring substituents is 1. The molecule has 0 saturated heterocycles. The summed E-state index contributed by atoms with van der Waals surface area (Å²) < 4.78 is 0. The van der Waals surface area contributed by atoms with Crippen LogP contribution in [0.1, 0.15) is 13.8 Å². The molecule has 1 amide bonds. The van der Waals surface area contributed by atoms with Crippen molar-refractivity contribution in [3.63, 3.8) is 0 Å². The number of amides is 1. The molecule has 6 nitrogen and oxygen atoms in total. The van der Waals surface area contributed by atoms with E-state index in [1.54, 1.807) is 13.8 Å². The highest BCUT2D eigenvalue weighted by Gasteiger charge is 2.23. The number of carbonyl (C=O) groups is 1. The number of anilines is 1. The van der Waals surface area contributed by atoms with Gasteiger partial charge in [-0.3, -0.25) is 14.9 Å². The number of hydrogen-bond donors (Lipinski definition) is 2. The molecule has 0 saturated carbocycles. The molecule has 0 radical (unpaired) electrons. The molecule has 1 atom stereocenters. The lowest BCUT2D eigenvalue weighted by atomic mass is 10.0. The summed E-state index contributed by atoms with van der Waals surface area (Å²) in [6, 6.07) is 1.65. The van der Waals surface area contributed by atoms with Crippen LogP contribution in [-0.2, 0) is 4.79 Å². The Morgan fingerprint density at radius 2 is 1.84 bits per heavy atom. The monoisotopic (exact) mass is 305 g/mol. The van der Waals surface area contributed by atoms with E-state index in [9.17, 15) is 14.9 Å². The number of rotatable bonds is 5. The van der Waals surface area contributed by atoms with Gasteiger partial charge in [-0.15, -0.1) is 0 Å². The van der Waals surface area contributed by atoms with Crippen LogP contribution >= 0.6 is 23.2 Å². The largest absolute Gasteiger partial charge is 0.371 e. The van der Waals surface area contributed by atoms with Crippen LogP contribution in [0.5, 0.6) is 0 Å². The summed E-state index contributed by atoms with van der Waals surface area (Å²) in [6.07, 6.45) is 0. The Kier molecular flexibility index (Phi) is 4.97. The first-order chi connectivity index (χ1) is 8.73. The molecule has 1 rings (SSSR count). The van der Waals surface area contributed by atoms with Crippen molar-refractivity contribution in [3.05, 3.63) is 32.3 Å². The Morgan fingerprint density at radius 1 is 1.37 bits per heavy atom. The first-order valence-corrected chi connectivity index (χ1v) is 6.19. The lowest BCUT2D eigenvalue weighted by Gasteiger charge is -2.21. The van der Waals surface area contributed by atoms with Gasteiger partial charge in [0.1, 0.15) is 6.04 Å². The topological polar surface area (TPSA) is 98.3 Å². The molecule has 0 aliphatic heterocycles. The molecule has 1 aromatic carbocycles. The number of nitrogens with one attached hydrogen (secondary N) is 1. The molecular weight excluding hydrogens is 293 g/mol. The fourth-order valence-corrected chi connectivity index (χ4v) is 2.11. The fourth-order valence-electron chi connectivity index (χ4n) is 1.52. The van der Waals surface area contributed by atoms with Crippen molar-refractivity contribution in [2.75, 3.05) is 5.32 Å². The molecule has 0 aliphatic rings. The molecule has 104 valence electrons. The second-order valence-corrected chi connectivity index (χ2v) is 5.12. The number of benzene rings is 1. The van der Waals surface area contributed by atoms with Gasteiger partial charge >= 0.3 is 0 Å². The van der Waals surface area contributed by atoms with E-state index in [4.69, 9.17) is 28.9 Å². The normalized spacial score (nSPS) is 12.3. The van der Waals surface area contributed by atoms with Gasteiger partial charge in [-0.1, -0.05) is 37.0 Å². The van der Waals surface area contributed by atoms with E-state index in [2.05, 4.69) is 5.32 Å². The van der Waals surface area contributed by atoms with Crippen LogP contribution in [0, 0.1) is 16.0 Å². The first kappa shape index (κ1) is 15.5. The van der Waals surface area contributed by atoms with Crippen LogP contribution in [-0.4, -0.2) is 16.9 Å². The van der Waals surface area contributed by atoms with E-state index in [1.165, 1.54) is 0 Å². The average molecular weight is 306 g/mol. The van der Waals surface area contributed by atoms with Gasteiger partial charge in [0.15, 0.2) is 0 Å². The first-order valence-electron chi connectivity index (χ1n) is 5.43. The highest BCUT2D eigenvalue weighted by atomic mass is 35.5. The zero-order chi connectivity index (χ0) is 14.7. The molecule has 0 aromatic heterocycles. The van der Waals surface area contributed by atoms with Crippen LogP contribution in [0.2, 0.25) is 10.0 Å². The smallest absolute Gasteiger partial charge is 0.272 e. The van der Waals surface area contributed by atoms with Gasteiger partial charge in [-0.05, 0) is 5.92 Å². The van der Waals surface area contributed by atoms with Crippen molar-refractivity contribution in [2.24, 2.45) is 11.7 Å². The Morgan fingerprint density at radius 3 is 2.16 bits per heavy atom. The maximum Gasteiger partial charge on any atom is 0.272 e. The predicted octanol–water partition coefficient (Wildman–Crippen LogP) is 2.82. The lowest BCUT2D eigenvalue weighted by molar-refractivity contribution is -0.384. The highest BCUT2D eigenvalue weighted by Crippen LogP contribution is 2.35. The van der Waals surface area contributed by atoms with Crippen LogP contribution in [0.4, 0.5) is 11.4 Å². The van der Waals surface area contributed by atoms with Crippen molar-refractivity contribution < 1.29 is 9.72 Å². The second kappa shape index (κ2) is 6.08. The van der Waals surface area contributed by atoms with Crippen molar-refractivity contribution in [2.45, 2.75) is 19.9 Å². The number of hydrogen-bond acceptors (Lipinski definition) is 4. The quantitative estimate of drug-likeness (QED) is 0.645. The van der Waals surface area contributed by atoms with Crippen molar-refractivity contribution in [1.82, 2.24) is 0 Å². The third-order valence-corrected chi connectivity index (χ3v) is 3.11. The summed E-state index contributed by atoms with van der Waals surface area (Å²) in [6.45, 7) is 3.60. The summed E-state index contributed by atoms with van der Waals surface area (Å²) in [7, 11) is 0. The number of carbonyl (C=O) groups excluding carboxylic acids is 1. The van der Waals surface area contributed by atoms with Crippen molar-refractivity contribution >= 4 is 40.5 Å². The molecule has 0 fully saturated rings. The molecule has 19 heavy (non-hydrogen) atoms. The summed E-state index contributed by atoms with van der Waals surface area (Å²) >= 11 is 11.9. The minimum atomic E-state index is -0.670. The third-order valence-electron chi connectivity index (χ3n) is 2.51. The zero-order valence-corrected chi connectivity index (χ0v) is 11.8. The minimum Gasteiger partial charge on any atom is -0.371 e. The number of non-ortho nitro benzene ring substituents is 1. The predicted molar refractivity (Wildman–Crippen MR) is 74.6 cm³/mol. The van der Waals surface area contributed by atoms with Crippen molar-refractivity contribution in [1.29, 1.82) is 0 Å². The van der Waals surface area contributed by atoms with E-state index < -0.39 is 16.9 Å². The van der Waals surface area contributed by atoms with Crippen molar-refractivity contribution in [3.8, 4) is 0 Å². The van der Waals surface area contributed by atoms with Gasteiger partial charge < -0.3 is 11.1 Å². The summed E-state index contributed by atoms with van der Waals surface area (Å²) in [5.74, 6) is -0.639. The van der Waals surface area contributed by atoms with E-state index in [0.29, 0.717) is 0 Å². The zero-order valence-electron chi connectivity index (χ0n) is 10.3. The SMILES string of the molecule is CC(C)C(Nc1c(Cl)cc([N+](=O)[O-])cc1Cl)C(N)=O. The van der Waals surface area contributed by atoms with Gasteiger partial charge in [0.05, 0.1) is 20.7 Å². The van der Waals surface area contributed by atoms with Crippen LogP contribution in [0.25, 0.3) is 0 Å². The second-order valence-electron chi connectivity index (χ2n) is 4.31. The van der Waals surface area contributed by atoms with Crippen LogP contribution < -0.4 is 11.1 Å². The number of nitrogens with zero attached hydrogens (tertiary/aromatic N) is 1. The highest BCUT2D eigenvalue weighted by molar-refractivity contribution is 6.39. The summed E-state index contributed by atoms with van der Waals surface area (Å²) in [4.78, 5) is 21.4. The van der Waals surface area contributed by atoms with Gasteiger partial charge in [0, 0.05) is 12.1 Å². The Balaban J connectivity index is 3.14. The van der Waals surface area contributed by atoms with Gasteiger partial charge in [-0.2, -0.15) is 0 Å². The average Bonchev–Trinajstić information content (AvgIpc) is 2.26. The Hall–Kier alpha value is -1.53. The lowest BCUT2D eigenvalue weighted by Crippen LogP contribution is -2.39. The fraction of sp³-hybridized carbons (Fsp3) is 0.364. The molecule has 0 heterocycles. The number of primary amides is 1. The molecule has 0 bridgehead atoms. The molecule has 0 aliphatic carbocycles. The van der Waals surface area contributed by atoms with Gasteiger partial charge in [-0.25, -0.2) is 0 Å². The summed E-state index contributed by atoms with van der Waals surface area (Å²) in [5, 5.41) is 13.6. The van der Waals surface area contributed by atoms with Crippen LogP contribution in [0.3, 0.4) is 0 Å². The molecule has 1 unspecified atom stereocenters. The maximum absolute atomic E-state index is 11.3. The number of halogens is 2. The molecule has 0 spiro atoms. The summed E-state index contributed by atoms with van der Waals surface area (Å²) in [5.41, 5.74) is 5.30. The van der Waals surface area contributed by atoms with E-state index in [1.807, 2.05) is 0 Å². The van der Waals surface area contributed by atoms with Gasteiger partial charge in [0.25, 0.3) is 5.69 Å². The molecular formula is C11H13Cl2N3O3. The third kappa shape index (κ3) is 3.71. The maximum atomic E-state index is 11.3. The van der Waals surface area contributed by atoms with E-state index >= 15 is 0 Å². The van der Waals surface area contributed by atoms with E-state index in [-0.39, 0.29) is 27.3 Å². The Bertz CT molecular complexity index is 497. The molecule has 8 heteroatoms. The molecule has 1 aromatic rings.